The van der Waals surface area contributed by atoms with Crippen molar-refractivity contribution >= 4 is 50.4 Å². The molecule has 0 aliphatic carbocycles. The number of aromatic nitrogens is 4. The van der Waals surface area contributed by atoms with Gasteiger partial charge >= 0.3 is 0 Å². The van der Waals surface area contributed by atoms with Gasteiger partial charge in [-0.2, -0.15) is 20.5 Å². The standard InChI is InChI=1S/C25H18N6/c1-2-9-18(10-3-1)31(23-15-7-14-22-25(23)29-30-28-22)26-16-17-8-6-12-20-19-11-4-5-13-21(19)27-24(17)20/h1-16,27H,(H,28,29,30). The minimum atomic E-state index is 0.771. The van der Waals surface area contributed by atoms with Crippen LogP contribution in [0.5, 0.6) is 0 Å². The number of H-pyrrole nitrogens is 2. The quantitative estimate of drug-likeness (QED) is 0.291. The van der Waals surface area contributed by atoms with Crippen LogP contribution in [0.2, 0.25) is 0 Å². The molecule has 6 nitrogen and oxygen atoms in total. The number of aromatic amines is 2. The lowest BCUT2D eigenvalue weighted by molar-refractivity contribution is 0.957. The zero-order valence-corrected chi connectivity index (χ0v) is 16.5. The second-order valence-electron chi connectivity index (χ2n) is 7.30. The van der Waals surface area contributed by atoms with E-state index in [2.05, 4.69) is 56.8 Å². The Bertz CT molecular complexity index is 1540. The summed E-state index contributed by atoms with van der Waals surface area (Å²) < 4.78 is 0. The van der Waals surface area contributed by atoms with Crippen molar-refractivity contribution in [2.45, 2.75) is 0 Å². The van der Waals surface area contributed by atoms with Gasteiger partial charge in [0, 0.05) is 21.9 Å². The smallest absolute Gasteiger partial charge is 0.138 e. The highest BCUT2D eigenvalue weighted by Gasteiger charge is 2.14. The zero-order chi connectivity index (χ0) is 20.6. The fourth-order valence-electron chi connectivity index (χ4n) is 3.98. The van der Waals surface area contributed by atoms with Gasteiger partial charge in [-0.3, -0.25) is 0 Å². The van der Waals surface area contributed by atoms with Gasteiger partial charge in [-0.25, -0.2) is 5.01 Å². The summed E-state index contributed by atoms with van der Waals surface area (Å²) in [5.41, 5.74) is 6.57. The maximum Gasteiger partial charge on any atom is 0.138 e. The van der Waals surface area contributed by atoms with Crippen LogP contribution in [0.15, 0.2) is 96.1 Å². The first-order valence-electron chi connectivity index (χ1n) is 10.1. The van der Waals surface area contributed by atoms with E-state index in [-0.39, 0.29) is 0 Å². The molecule has 2 heterocycles. The van der Waals surface area contributed by atoms with Crippen molar-refractivity contribution in [3.05, 3.63) is 96.6 Å². The molecule has 148 valence electrons. The number of hydrazone groups is 1. The molecule has 0 saturated heterocycles. The second kappa shape index (κ2) is 7.11. The lowest BCUT2D eigenvalue weighted by Gasteiger charge is -2.19. The molecule has 0 radical (unpaired) electrons. The van der Waals surface area contributed by atoms with Crippen molar-refractivity contribution in [1.82, 2.24) is 20.4 Å². The van der Waals surface area contributed by atoms with Crippen LogP contribution in [0, 0.1) is 0 Å². The predicted octanol–water partition coefficient (Wildman–Crippen LogP) is 5.76. The van der Waals surface area contributed by atoms with Crippen molar-refractivity contribution in [2.75, 3.05) is 5.01 Å². The minimum Gasteiger partial charge on any atom is -0.354 e. The van der Waals surface area contributed by atoms with Crippen LogP contribution in [-0.2, 0) is 0 Å². The molecule has 6 heteroatoms. The molecule has 0 spiro atoms. The van der Waals surface area contributed by atoms with Gasteiger partial charge in [0.2, 0.25) is 0 Å². The van der Waals surface area contributed by atoms with E-state index in [0.29, 0.717) is 0 Å². The fraction of sp³-hybridized carbons (Fsp3) is 0. The van der Waals surface area contributed by atoms with E-state index in [1.54, 1.807) is 0 Å². The average molecular weight is 402 g/mol. The highest BCUT2D eigenvalue weighted by Crippen LogP contribution is 2.31. The third-order valence-corrected chi connectivity index (χ3v) is 5.44. The summed E-state index contributed by atoms with van der Waals surface area (Å²) in [6.45, 7) is 0. The van der Waals surface area contributed by atoms with Crippen molar-refractivity contribution in [3.63, 3.8) is 0 Å². The summed E-state index contributed by atoms with van der Waals surface area (Å²) >= 11 is 0. The SMILES string of the molecule is C(=NN(c1ccccc1)c1cccc2n[nH]nc12)c1cccc2c1[nH]c1ccccc12. The first-order valence-corrected chi connectivity index (χ1v) is 10.1. The van der Waals surface area contributed by atoms with E-state index in [1.165, 1.54) is 10.8 Å². The summed E-state index contributed by atoms with van der Waals surface area (Å²) in [6.07, 6.45) is 1.89. The van der Waals surface area contributed by atoms with E-state index in [0.717, 1.165) is 39.0 Å². The molecule has 0 aliphatic rings. The van der Waals surface area contributed by atoms with Gasteiger partial charge in [-0.1, -0.05) is 60.7 Å². The molecule has 0 fully saturated rings. The van der Waals surface area contributed by atoms with E-state index in [1.807, 2.05) is 65.8 Å². The van der Waals surface area contributed by atoms with Crippen molar-refractivity contribution < 1.29 is 0 Å². The number of rotatable bonds is 4. The summed E-state index contributed by atoms with van der Waals surface area (Å²) in [5.74, 6) is 0. The van der Waals surface area contributed by atoms with Gasteiger partial charge in [0.1, 0.15) is 11.0 Å². The monoisotopic (exact) mass is 402 g/mol. The molecule has 0 amide bonds. The normalized spacial score (nSPS) is 11.7. The van der Waals surface area contributed by atoms with Gasteiger partial charge in [0.15, 0.2) is 0 Å². The average Bonchev–Trinajstić information content (AvgIpc) is 3.45. The van der Waals surface area contributed by atoms with E-state index in [4.69, 9.17) is 5.10 Å². The van der Waals surface area contributed by atoms with Crippen LogP contribution in [-0.4, -0.2) is 26.6 Å². The Hall–Kier alpha value is -4.45. The van der Waals surface area contributed by atoms with Crippen LogP contribution >= 0.6 is 0 Å². The summed E-state index contributed by atoms with van der Waals surface area (Å²) in [6, 6.07) is 30.5. The third kappa shape index (κ3) is 2.93. The van der Waals surface area contributed by atoms with Gasteiger partial charge < -0.3 is 4.98 Å². The summed E-state index contributed by atoms with van der Waals surface area (Å²) in [5, 5.41) is 20.5. The lowest BCUT2D eigenvalue weighted by atomic mass is 10.1. The fourth-order valence-corrected chi connectivity index (χ4v) is 3.98. The Balaban J connectivity index is 1.51. The van der Waals surface area contributed by atoms with E-state index >= 15 is 0 Å². The number of nitrogens with zero attached hydrogens (tertiary/aromatic N) is 4. The first kappa shape index (κ1) is 17.4. The Morgan fingerprint density at radius 1 is 0.742 bits per heavy atom. The maximum absolute atomic E-state index is 4.89. The predicted molar refractivity (Wildman–Crippen MR) is 126 cm³/mol. The molecule has 6 rings (SSSR count). The molecule has 2 aromatic heterocycles. The van der Waals surface area contributed by atoms with Crippen LogP contribution in [0.3, 0.4) is 0 Å². The Kier molecular flexibility index (Phi) is 3.99. The van der Waals surface area contributed by atoms with Gasteiger partial charge in [0.25, 0.3) is 0 Å². The Morgan fingerprint density at radius 2 is 1.55 bits per heavy atom. The van der Waals surface area contributed by atoms with E-state index < -0.39 is 0 Å². The van der Waals surface area contributed by atoms with Crippen LogP contribution in [0.1, 0.15) is 5.56 Å². The summed E-state index contributed by atoms with van der Waals surface area (Å²) in [4.78, 5) is 3.54. The number of nitrogens with one attached hydrogen (secondary N) is 2. The Morgan fingerprint density at radius 3 is 2.48 bits per heavy atom. The van der Waals surface area contributed by atoms with E-state index in [9.17, 15) is 0 Å². The van der Waals surface area contributed by atoms with Crippen molar-refractivity contribution in [1.29, 1.82) is 0 Å². The molecular formula is C25H18N6. The molecule has 0 unspecified atom stereocenters. The van der Waals surface area contributed by atoms with Gasteiger partial charge in [-0.15, -0.1) is 0 Å². The molecule has 0 bridgehead atoms. The van der Waals surface area contributed by atoms with Gasteiger partial charge in [-0.05, 0) is 30.3 Å². The van der Waals surface area contributed by atoms with Crippen molar-refractivity contribution in [3.8, 4) is 0 Å². The molecule has 31 heavy (non-hydrogen) atoms. The molecule has 2 N–H and O–H groups in total. The lowest BCUT2D eigenvalue weighted by Crippen LogP contribution is -2.10. The Labute approximate surface area is 177 Å². The summed E-state index contributed by atoms with van der Waals surface area (Å²) in [7, 11) is 0. The molecule has 0 saturated carbocycles. The molecular weight excluding hydrogens is 384 g/mol. The first-order chi connectivity index (χ1) is 15.4. The zero-order valence-electron chi connectivity index (χ0n) is 16.5. The molecule has 0 atom stereocenters. The highest BCUT2D eigenvalue weighted by atomic mass is 15.5. The highest BCUT2D eigenvalue weighted by molar-refractivity contribution is 6.12. The number of hydrogen-bond acceptors (Lipinski definition) is 4. The van der Waals surface area contributed by atoms with Crippen LogP contribution < -0.4 is 5.01 Å². The minimum absolute atomic E-state index is 0.771. The second-order valence-corrected chi connectivity index (χ2v) is 7.30. The molecule has 4 aromatic carbocycles. The molecule has 0 aliphatic heterocycles. The molecule has 6 aromatic rings. The van der Waals surface area contributed by atoms with Gasteiger partial charge in [0.05, 0.1) is 23.1 Å². The number of fused-ring (bicyclic) bond motifs is 4. The number of anilines is 2. The number of para-hydroxylation sites is 4. The van der Waals surface area contributed by atoms with Crippen LogP contribution in [0.4, 0.5) is 11.4 Å². The van der Waals surface area contributed by atoms with Crippen LogP contribution in [0.25, 0.3) is 32.8 Å². The number of benzene rings is 4. The van der Waals surface area contributed by atoms with Crippen molar-refractivity contribution in [2.24, 2.45) is 5.10 Å². The largest absolute Gasteiger partial charge is 0.354 e. The maximum atomic E-state index is 4.89. The third-order valence-electron chi connectivity index (χ3n) is 5.44. The topological polar surface area (TPSA) is 73.0 Å². The number of hydrogen-bond donors (Lipinski definition) is 2.